The fourth-order valence-corrected chi connectivity index (χ4v) is 1.59. The van der Waals surface area contributed by atoms with Crippen molar-refractivity contribution in [2.75, 3.05) is 14.1 Å². The minimum atomic E-state index is -0.244. The Bertz CT molecular complexity index is 393. The van der Waals surface area contributed by atoms with Crippen molar-refractivity contribution in [1.29, 1.82) is 0 Å². The maximum absolute atomic E-state index is 11.8. The number of hydrogen-bond donors (Lipinski definition) is 0. The second-order valence-corrected chi connectivity index (χ2v) is 5.36. The maximum Gasteiger partial charge on any atom is 0.246 e. The summed E-state index contributed by atoms with van der Waals surface area (Å²) >= 11 is 0. The summed E-state index contributed by atoms with van der Waals surface area (Å²) in [5.41, 5.74) is 1.29. The van der Waals surface area contributed by atoms with Crippen LogP contribution in [0.4, 0.5) is 0 Å². The van der Waals surface area contributed by atoms with E-state index in [1.165, 1.54) is 5.56 Å². The summed E-state index contributed by atoms with van der Waals surface area (Å²) in [5.74, 6) is 0.0638. The number of carbonyl (C=O) groups excluding carboxylic acids is 1. The van der Waals surface area contributed by atoms with Crippen LogP contribution in [-0.2, 0) is 10.2 Å². The zero-order valence-corrected chi connectivity index (χ0v) is 11.7. The Morgan fingerprint density at radius 2 is 2.12 bits per heavy atom. The lowest BCUT2D eigenvalue weighted by Crippen LogP contribution is -2.30. The number of nitrogens with zero attached hydrogens (tertiary/aromatic N) is 3. The Hall–Kier alpha value is -1.32. The molecule has 1 unspecified atom stereocenters. The molecule has 1 rings (SSSR count). The molecule has 0 saturated heterocycles. The Kier molecular flexibility index (Phi) is 3.96. The van der Waals surface area contributed by atoms with Crippen molar-refractivity contribution in [1.82, 2.24) is 14.7 Å². The van der Waals surface area contributed by atoms with Crippen LogP contribution in [0.1, 0.15) is 45.7 Å². The molecule has 0 fully saturated rings. The predicted octanol–water partition coefficient (Wildman–Crippen LogP) is 2.22. The summed E-state index contributed by atoms with van der Waals surface area (Å²) in [5, 5.41) is 4.30. The van der Waals surface area contributed by atoms with Gasteiger partial charge >= 0.3 is 0 Å². The molecule has 96 valence electrons. The average molecular weight is 237 g/mol. The van der Waals surface area contributed by atoms with Crippen LogP contribution in [0.2, 0.25) is 0 Å². The number of hydrogen-bond acceptors (Lipinski definition) is 2. The number of amides is 1. The van der Waals surface area contributed by atoms with Gasteiger partial charge in [0.1, 0.15) is 6.04 Å². The van der Waals surface area contributed by atoms with Crippen molar-refractivity contribution < 1.29 is 4.79 Å². The van der Waals surface area contributed by atoms with Gasteiger partial charge in [-0.2, -0.15) is 5.10 Å². The molecule has 1 heterocycles. The van der Waals surface area contributed by atoms with Crippen LogP contribution in [0.3, 0.4) is 0 Å². The van der Waals surface area contributed by atoms with Gasteiger partial charge in [0.15, 0.2) is 0 Å². The first-order chi connectivity index (χ1) is 7.79. The van der Waals surface area contributed by atoms with Gasteiger partial charge in [0.2, 0.25) is 5.91 Å². The molecule has 0 aliphatic carbocycles. The van der Waals surface area contributed by atoms with Crippen LogP contribution in [0.5, 0.6) is 0 Å². The molecule has 0 bridgehead atoms. The lowest BCUT2D eigenvalue weighted by atomic mass is 9.84. The zero-order valence-electron chi connectivity index (χ0n) is 11.7. The largest absolute Gasteiger partial charge is 0.347 e. The summed E-state index contributed by atoms with van der Waals surface area (Å²) in [4.78, 5) is 13.4. The third-order valence-corrected chi connectivity index (χ3v) is 3.46. The minimum absolute atomic E-state index is 0.0638. The van der Waals surface area contributed by atoms with E-state index in [0.29, 0.717) is 0 Å². The van der Waals surface area contributed by atoms with Gasteiger partial charge in [0.25, 0.3) is 0 Å². The summed E-state index contributed by atoms with van der Waals surface area (Å²) in [7, 11) is 3.53. The minimum Gasteiger partial charge on any atom is -0.347 e. The number of carbonyl (C=O) groups is 1. The normalized spacial score (nSPS) is 13.5. The first kappa shape index (κ1) is 13.7. The molecule has 1 amide bonds. The van der Waals surface area contributed by atoms with Crippen molar-refractivity contribution in [3.63, 3.8) is 0 Å². The fraction of sp³-hybridized carbons (Fsp3) is 0.692. The van der Waals surface area contributed by atoms with Crippen LogP contribution in [-0.4, -0.2) is 34.7 Å². The maximum atomic E-state index is 11.8. The van der Waals surface area contributed by atoms with E-state index < -0.39 is 0 Å². The van der Waals surface area contributed by atoms with Gasteiger partial charge in [-0.15, -0.1) is 0 Å². The van der Waals surface area contributed by atoms with Crippen LogP contribution < -0.4 is 0 Å². The van der Waals surface area contributed by atoms with E-state index in [2.05, 4.69) is 25.9 Å². The smallest absolute Gasteiger partial charge is 0.246 e. The van der Waals surface area contributed by atoms with Crippen molar-refractivity contribution in [3.05, 3.63) is 18.0 Å². The zero-order chi connectivity index (χ0) is 13.2. The van der Waals surface area contributed by atoms with E-state index in [0.717, 1.165) is 6.42 Å². The SMILES string of the molecule is CCC(C)(C)c1cnn(C(C)C(=O)N(C)C)c1. The van der Waals surface area contributed by atoms with Crippen molar-refractivity contribution in [3.8, 4) is 0 Å². The van der Waals surface area contributed by atoms with E-state index in [9.17, 15) is 4.79 Å². The van der Waals surface area contributed by atoms with Gasteiger partial charge in [-0.05, 0) is 24.3 Å². The molecule has 1 aromatic rings. The summed E-state index contributed by atoms with van der Waals surface area (Å²) < 4.78 is 1.75. The first-order valence-corrected chi connectivity index (χ1v) is 6.05. The molecular weight excluding hydrogens is 214 g/mol. The third-order valence-electron chi connectivity index (χ3n) is 3.46. The van der Waals surface area contributed by atoms with Crippen LogP contribution >= 0.6 is 0 Å². The van der Waals surface area contributed by atoms with Crippen LogP contribution in [0.15, 0.2) is 12.4 Å². The quantitative estimate of drug-likeness (QED) is 0.805. The second kappa shape index (κ2) is 4.90. The summed E-state index contributed by atoms with van der Waals surface area (Å²) in [6, 6.07) is -0.244. The van der Waals surface area contributed by atoms with Crippen LogP contribution in [0, 0.1) is 0 Å². The Labute approximate surface area is 104 Å². The van der Waals surface area contributed by atoms with Crippen LogP contribution in [0.25, 0.3) is 0 Å². The molecule has 4 nitrogen and oxygen atoms in total. The molecule has 0 radical (unpaired) electrons. The molecule has 0 saturated carbocycles. The lowest BCUT2D eigenvalue weighted by molar-refractivity contribution is -0.131. The highest BCUT2D eigenvalue weighted by molar-refractivity contribution is 5.79. The third kappa shape index (κ3) is 2.87. The Morgan fingerprint density at radius 1 is 1.53 bits per heavy atom. The average Bonchev–Trinajstić information content (AvgIpc) is 2.76. The molecule has 0 aliphatic heterocycles. The standard InChI is InChI=1S/C13H23N3O/c1-7-13(3,4)11-8-14-16(9-11)10(2)12(17)15(5)6/h8-10H,7H2,1-6H3. The van der Waals surface area contributed by atoms with E-state index in [1.807, 2.05) is 19.3 Å². The first-order valence-electron chi connectivity index (χ1n) is 6.05. The molecule has 4 heteroatoms. The van der Waals surface area contributed by atoms with Gasteiger partial charge in [-0.3, -0.25) is 9.48 Å². The van der Waals surface area contributed by atoms with Gasteiger partial charge in [0.05, 0.1) is 6.20 Å². The molecule has 0 spiro atoms. The Balaban J connectivity index is 2.92. The van der Waals surface area contributed by atoms with Gasteiger partial charge in [0, 0.05) is 20.3 Å². The molecule has 0 aliphatic rings. The number of likely N-dealkylation sites (N-methyl/N-ethyl adjacent to an activating group) is 1. The van der Waals surface area contributed by atoms with Crippen molar-refractivity contribution >= 4 is 5.91 Å². The van der Waals surface area contributed by atoms with E-state index in [-0.39, 0.29) is 17.4 Å². The molecule has 1 aromatic heterocycles. The number of rotatable bonds is 4. The molecule has 0 N–H and O–H groups in total. The number of aromatic nitrogens is 2. The van der Waals surface area contributed by atoms with E-state index >= 15 is 0 Å². The molecule has 1 atom stereocenters. The highest BCUT2D eigenvalue weighted by atomic mass is 16.2. The summed E-state index contributed by atoms with van der Waals surface area (Å²) in [6.07, 6.45) is 4.90. The molecule has 17 heavy (non-hydrogen) atoms. The summed E-state index contributed by atoms with van der Waals surface area (Å²) in [6.45, 7) is 8.41. The van der Waals surface area contributed by atoms with Crippen molar-refractivity contribution in [2.45, 2.75) is 45.6 Å². The van der Waals surface area contributed by atoms with E-state index in [1.54, 1.807) is 23.7 Å². The predicted molar refractivity (Wildman–Crippen MR) is 68.9 cm³/mol. The molecule has 0 aromatic carbocycles. The van der Waals surface area contributed by atoms with Gasteiger partial charge in [-0.25, -0.2) is 0 Å². The fourth-order valence-electron chi connectivity index (χ4n) is 1.59. The highest BCUT2D eigenvalue weighted by Crippen LogP contribution is 2.26. The van der Waals surface area contributed by atoms with Crippen molar-refractivity contribution in [2.24, 2.45) is 0 Å². The Morgan fingerprint density at radius 3 is 2.59 bits per heavy atom. The lowest BCUT2D eigenvalue weighted by Gasteiger charge is -2.21. The topological polar surface area (TPSA) is 38.1 Å². The van der Waals surface area contributed by atoms with Gasteiger partial charge in [-0.1, -0.05) is 20.8 Å². The monoisotopic (exact) mass is 237 g/mol. The van der Waals surface area contributed by atoms with Gasteiger partial charge < -0.3 is 4.90 Å². The molecular formula is C13H23N3O. The second-order valence-electron chi connectivity index (χ2n) is 5.36. The van der Waals surface area contributed by atoms with E-state index in [4.69, 9.17) is 0 Å². The highest BCUT2D eigenvalue weighted by Gasteiger charge is 2.23.